The highest BCUT2D eigenvalue weighted by atomic mass is 35.5. The van der Waals surface area contributed by atoms with Gasteiger partial charge in [0.2, 0.25) is 5.17 Å². The summed E-state index contributed by atoms with van der Waals surface area (Å²) in [6.07, 6.45) is 2.38. The predicted octanol–water partition coefficient (Wildman–Crippen LogP) is 3.37. The fourth-order valence-electron chi connectivity index (χ4n) is 1.90. The summed E-state index contributed by atoms with van der Waals surface area (Å²) in [5.41, 5.74) is 1.01. The molecule has 1 aromatic rings. The number of halogens is 1. The summed E-state index contributed by atoms with van der Waals surface area (Å²) in [7, 11) is 0. The molecule has 2 aliphatic heterocycles. The van der Waals surface area contributed by atoms with Crippen molar-refractivity contribution in [3.63, 3.8) is 0 Å². The third-order valence-electron chi connectivity index (χ3n) is 2.98. The first-order valence-corrected chi connectivity index (χ1v) is 7.52. The first kappa shape index (κ1) is 14.0. The zero-order valence-electron chi connectivity index (χ0n) is 11.1. The number of amides is 1. The van der Waals surface area contributed by atoms with E-state index in [0.29, 0.717) is 10.2 Å². The molecule has 3 rings (SSSR count). The Morgan fingerprint density at radius 1 is 1.38 bits per heavy atom. The number of carbonyl (C=O) groups is 1. The van der Waals surface area contributed by atoms with Gasteiger partial charge in [-0.3, -0.25) is 10.2 Å². The van der Waals surface area contributed by atoms with Crippen LogP contribution in [0.15, 0.2) is 39.9 Å². The number of hydrogen-bond acceptors (Lipinski definition) is 4. The van der Waals surface area contributed by atoms with Gasteiger partial charge in [-0.05, 0) is 42.0 Å². The van der Waals surface area contributed by atoms with Gasteiger partial charge in [0.05, 0.1) is 5.57 Å². The molecule has 0 saturated heterocycles. The van der Waals surface area contributed by atoms with Crippen LogP contribution in [0.2, 0.25) is 5.02 Å². The molecular weight excluding hydrogens is 308 g/mol. The summed E-state index contributed by atoms with van der Waals surface area (Å²) in [5, 5.41) is 15.8. The third kappa shape index (κ3) is 2.64. The molecule has 1 N–H and O–H groups in total. The lowest BCUT2D eigenvalue weighted by Gasteiger charge is -2.20. The zero-order valence-corrected chi connectivity index (χ0v) is 12.7. The highest BCUT2D eigenvalue weighted by Gasteiger charge is 2.34. The molecule has 2 heterocycles. The van der Waals surface area contributed by atoms with Crippen molar-refractivity contribution in [3.05, 3.63) is 40.4 Å². The van der Waals surface area contributed by atoms with Crippen LogP contribution in [0.5, 0.6) is 0 Å². The van der Waals surface area contributed by atoms with Crippen molar-refractivity contribution in [2.75, 3.05) is 0 Å². The number of benzene rings is 1. The average molecular weight is 319 g/mol. The molecule has 106 valence electrons. The van der Waals surface area contributed by atoms with Crippen molar-refractivity contribution >= 4 is 51.4 Å². The van der Waals surface area contributed by atoms with Crippen molar-refractivity contribution < 1.29 is 4.79 Å². The van der Waals surface area contributed by atoms with Crippen molar-refractivity contribution in [1.82, 2.24) is 5.01 Å². The molecule has 0 aliphatic carbocycles. The van der Waals surface area contributed by atoms with Crippen LogP contribution in [-0.2, 0) is 4.79 Å². The van der Waals surface area contributed by atoms with Crippen LogP contribution >= 0.6 is 23.4 Å². The van der Waals surface area contributed by atoms with Crippen LogP contribution in [0.3, 0.4) is 0 Å². The number of rotatable bonds is 2. The van der Waals surface area contributed by atoms with Gasteiger partial charge < -0.3 is 0 Å². The number of carbonyl (C=O) groups excluding carboxylic acids is 1. The largest absolute Gasteiger partial charge is 0.283 e. The number of thioether (sulfide) groups is 1. The number of nitrogens with one attached hydrogen (secondary N) is 1. The Hall–Kier alpha value is -1.92. The maximum Gasteiger partial charge on any atom is 0.283 e. The summed E-state index contributed by atoms with van der Waals surface area (Å²) in [6.45, 7) is 1.97. The second-order valence-corrected chi connectivity index (χ2v) is 5.90. The van der Waals surface area contributed by atoms with E-state index < -0.39 is 5.91 Å². The summed E-state index contributed by atoms with van der Waals surface area (Å²) >= 11 is 7.17. The standard InChI is InChI=1S/C14H11ClN4OS/c1-2-11-18-19-12(16)10(13(20)17-14(19)21-11)7-8-3-5-9(15)6-4-8/h3-7,16H,2H2,1H3/b10-7+,16-12?. The SMILES string of the molecule is CCC1=NN2C(=N)/C(=C\c3ccc(Cl)cc3)C(=O)N=C2S1. The minimum atomic E-state index is -0.416. The van der Waals surface area contributed by atoms with E-state index in [0.717, 1.165) is 17.0 Å². The normalized spacial score (nSPS) is 19.7. The molecule has 0 aromatic heterocycles. The maximum absolute atomic E-state index is 12.1. The van der Waals surface area contributed by atoms with Gasteiger partial charge in [-0.25, -0.2) is 0 Å². The maximum atomic E-state index is 12.1. The number of aliphatic imine (C=N–C) groups is 1. The van der Waals surface area contributed by atoms with Gasteiger partial charge >= 0.3 is 0 Å². The van der Waals surface area contributed by atoms with Gasteiger partial charge in [-0.2, -0.15) is 15.1 Å². The molecule has 0 unspecified atom stereocenters. The fourth-order valence-corrected chi connectivity index (χ4v) is 2.85. The van der Waals surface area contributed by atoms with E-state index >= 15 is 0 Å². The van der Waals surface area contributed by atoms with E-state index in [-0.39, 0.29) is 11.4 Å². The minimum Gasteiger partial charge on any atom is -0.282 e. The van der Waals surface area contributed by atoms with Crippen LogP contribution in [0.4, 0.5) is 0 Å². The Kier molecular flexibility index (Phi) is 3.65. The molecular formula is C14H11ClN4OS. The molecule has 0 saturated carbocycles. The van der Waals surface area contributed by atoms with Crippen LogP contribution in [0.25, 0.3) is 6.08 Å². The molecule has 2 aliphatic rings. The van der Waals surface area contributed by atoms with Crippen LogP contribution in [0.1, 0.15) is 18.9 Å². The number of amidine groups is 2. The van der Waals surface area contributed by atoms with E-state index in [1.54, 1.807) is 30.3 Å². The summed E-state index contributed by atoms with van der Waals surface area (Å²) < 4.78 is 0. The zero-order chi connectivity index (χ0) is 15.0. The van der Waals surface area contributed by atoms with Crippen LogP contribution in [0, 0.1) is 5.41 Å². The Bertz CT molecular complexity index is 721. The van der Waals surface area contributed by atoms with Gasteiger partial charge in [-0.1, -0.05) is 30.7 Å². The van der Waals surface area contributed by atoms with E-state index in [9.17, 15) is 4.79 Å². The molecule has 0 radical (unpaired) electrons. The summed E-state index contributed by atoms with van der Waals surface area (Å²) in [5.74, 6) is -0.364. The van der Waals surface area contributed by atoms with Crippen LogP contribution < -0.4 is 0 Å². The molecule has 0 bridgehead atoms. The van der Waals surface area contributed by atoms with Gasteiger partial charge in [0.15, 0.2) is 5.84 Å². The first-order valence-electron chi connectivity index (χ1n) is 6.33. The van der Waals surface area contributed by atoms with E-state index in [1.807, 2.05) is 6.92 Å². The molecule has 7 heteroatoms. The Morgan fingerprint density at radius 2 is 2.10 bits per heavy atom. The van der Waals surface area contributed by atoms with Crippen molar-refractivity contribution in [3.8, 4) is 0 Å². The average Bonchev–Trinajstić information content (AvgIpc) is 2.88. The fraction of sp³-hybridized carbons (Fsp3) is 0.143. The first-order chi connectivity index (χ1) is 10.1. The minimum absolute atomic E-state index is 0.0518. The van der Waals surface area contributed by atoms with E-state index in [1.165, 1.54) is 16.8 Å². The lowest BCUT2D eigenvalue weighted by atomic mass is 10.1. The molecule has 0 atom stereocenters. The summed E-state index contributed by atoms with van der Waals surface area (Å²) in [6, 6.07) is 7.04. The van der Waals surface area contributed by atoms with Gasteiger partial charge in [0, 0.05) is 5.02 Å². The van der Waals surface area contributed by atoms with E-state index in [4.69, 9.17) is 17.0 Å². The van der Waals surface area contributed by atoms with Gasteiger partial charge in [0.1, 0.15) is 5.04 Å². The highest BCUT2D eigenvalue weighted by Crippen LogP contribution is 2.29. The highest BCUT2D eigenvalue weighted by molar-refractivity contribution is 8.26. The number of hydrazone groups is 1. The van der Waals surface area contributed by atoms with Crippen molar-refractivity contribution in [2.45, 2.75) is 13.3 Å². The predicted molar refractivity (Wildman–Crippen MR) is 86.8 cm³/mol. The topological polar surface area (TPSA) is 68.9 Å². The Labute approximate surface area is 130 Å². The van der Waals surface area contributed by atoms with Crippen molar-refractivity contribution in [1.29, 1.82) is 5.41 Å². The van der Waals surface area contributed by atoms with E-state index in [2.05, 4.69) is 10.1 Å². The second-order valence-electron chi connectivity index (χ2n) is 4.42. The van der Waals surface area contributed by atoms with Crippen molar-refractivity contribution in [2.24, 2.45) is 10.1 Å². The monoisotopic (exact) mass is 318 g/mol. The van der Waals surface area contributed by atoms with Crippen LogP contribution in [-0.4, -0.2) is 27.0 Å². The molecule has 0 fully saturated rings. The third-order valence-corrected chi connectivity index (χ3v) is 4.28. The second kappa shape index (κ2) is 5.46. The smallest absolute Gasteiger partial charge is 0.282 e. The molecule has 5 nitrogen and oxygen atoms in total. The molecule has 1 amide bonds. The lowest BCUT2D eigenvalue weighted by Crippen LogP contribution is -2.35. The van der Waals surface area contributed by atoms with Gasteiger partial charge in [0.25, 0.3) is 5.91 Å². The quantitative estimate of drug-likeness (QED) is 0.850. The molecule has 21 heavy (non-hydrogen) atoms. The Balaban J connectivity index is 1.97. The number of nitrogens with zero attached hydrogens (tertiary/aromatic N) is 3. The summed E-state index contributed by atoms with van der Waals surface area (Å²) in [4.78, 5) is 16.1. The van der Waals surface area contributed by atoms with Gasteiger partial charge in [-0.15, -0.1) is 0 Å². The lowest BCUT2D eigenvalue weighted by molar-refractivity contribution is -0.114. The Morgan fingerprint density at radius 3 is 2.76 bits per heavy atom. The number of hydrogen-bond donors (Lipinski definition) is 1. The molecule has 0 spiro atoms. The molecule has 1 aromatic carbocycles. The number of fused-ring (bicyclic) bond motifs is 1.